The maximum Gasteiger partial charge on any atom is 0.322 e. The molecule has 0 unspecified atom stereocenters. The van der Waals surface area contributed by atoms with Gasteiger partial charge in [0.05, 0.1) is 0 Å². The molecule has 1 aliphatic rings. The molecule has 7 nitrogen and oxygen atoms in total. The SMILES string of the molecule is Cc1ccnc(Oc2ccc(NC(=O)C3(N)CCOCC3)cc2)n1.Cl. The minimum absolute atomic E-state index is 0. The summed E-state index contributed by atoms with van der Waals surface area (Å²) in [5.74, 6) is 0.397. The molecule has 1 amide bonds. The smallest absolute Gasteiger partial charge is 0.322 e. The Morgan fingerprint density at radius 1 is 1.24 bits per heavy atom. The summed E-state index contributed by atoms with van der Waals surface area (Å²) in [4.78, 5) is 20.6. The number of hydrogen-bond acceptors (Lipinski definition) is 6. The zero-order valence-corrected chi connectivity index (χ0v) is 14.7. The van der Waals surface area contributed by atoms with E-state index < -0.39 is 5.54 Å². The number of carbonyl (C=O) groups excluding carboxylic acids is 1. The third-order valence-electron chi connectivity index (χ3n) is 3.93. The molecule has 134 valence electrons. The molecule has 1 aromatic carbocycles. The number of aryl methyl sites for hydroxylation is 1. The van der Waals surface area contributed by atoms with Gasteiger partial charge in [0, 0.05) is 30.8 Å². The van der Waals surface area contributed by atoms with Crippen molar-refractivity contribution in [3.05, 3.63) is 42.2 Å². The van der Waals surface area contributed by atoms with Crippen LogP contribution in [-0.2, 0) is 9.53 Å². The second-order valence-electron chi connectivity index (χ2n) is 5.83. The molecule has 0 saturated carbocycles. The Kier molecular flexibility index (Phi) is 6.30. The van der Waals surface area contributed by atoms with Crippen LogP contribution in [0.2, 0.25) is 0 Å². The Hall–Kier alpha value is -2.22. The van der Waals surface area contributed by atoms with E-state index in [1.807, 2.05) is 6.92 Å². The van der Waals surface area contributed by atoms with Gasteiger partial charge in [-0.2, -0.15) is 0 Å². The third-order valence-corrected chi connectivity index (χ3v) is 3.93. The summed E-state index contributed by atoms with van der Waals surface area (Å²) in [5, 5.41) is 2.85. The molecule has 0 bridgehead atoms. The highest BCUT2D eigenvalue weighted by molar-refractivity contribution is 5.98. The van der Waals surface area contributed by atoms with Gasteiger partial charge in [-0.25, -0.2) is 9.97 Å². The van der Waals surface area contributed by atoms with Crippen LogP contribution in [0.5, 0.6) is 11.8 Å². The third kappa shape index (κ3) is 4.88. The molecule has 1 aliphatic heterocycles. The largest absolute Gasteiger partial charge is 0.424 e. The predicted octanol–water partition coefficient (Wildman–Crippen LogP) is 2.45. The monoisotopic (exact) mass is 364 g/mol. The van der Waals surface area contributed by atoms with Crippen molar-refractivity contribution in [2.24, 2.45) is 5.73 Å². The van der Waals surface area contributed by atoms with Gasteiger partial charge >= 0.3 is 6.01 Å². The summed E-state index contributed by atoms with van der Waals surface area (Å²) < 4.78 is 10.8. The van der Waals surface area contributed by atoms with E-state index in [1.54, 1.807) is 36.5 Å². The molecule has 0 spiro atoms. The second kappa shape index (κ2) is 8.24. The number of anilines is 1. The maximum absolute atomic E-state index is 12.4. The normalized spacial score (nSPS) is 15.8. The first-order chi connectivity index (χ1) is 11.5. The summed E-state index contributed by atoms with van der Waals surface area (Å²) in [5.41, 5.74) is 6.78. The average molecular weight is 365 g/mol. The van der Waals surface area contributed by atoms with Crippen molar-refractivity contribution < 1.29 is 14.3 Å². The summed E-state index contributed by atoms with van der Waals surface area (Å²) in [6, 6.07) is 9.08. The molecular formula is C17H21ClN4O3. The summed E-state index contributed by atoms with van der Waals surface area (Å²) in [7, 11) is 0. The van der Waals surface area contributed by atoms with E-state index in [4.69, 9.17) is 15.2 Å². The van der Waals surface area contributed by atoms with Gasteiger partial charge in [0.25, 0.3) is 0 Å². The Bertz CT molecular complexity index is 718. The molecule has 2 heterocycles. The van der Waals surface area contributed by atoms with Crippen molar-refractivity contribution >= 4 is 24.0 Å². The zero-order chi connectivity index (χ0) is 17.0. The highest BCUT2D eigenvalue weighted by Crippen LogP contribution is 2.23. The van der Waals surface area contributed by atoms with Crippen molar-refractivity contribution in [1.82, 2.24) is 9.97 Å². The Morgan fingerprint density at radius 2 is 1.92 bits per heavy atom. The van der Waals surface area contributed by atoms with Crippen molar-refractivity contribution in [3.8, 4) is 11.8 Å². The lowest BCUT2D eigenvalue weighted by atomic mass is 9.90. The number of hydrogen-bond donors (Lipinski definition) is 2. The van der Waals surface area contributed by atoms with E-state index in [1.165, 1.54) is 0 Å². The molecule has 2 aromatic rings. The van der Waals surface area contributed by atoms with Crippen molar-refractivity contribution in [3.63, 3.8) is 0 Å². The minimum atomic E-state index is -0.872. The van der Waals surface area contributed by atoms with E-state index in [-0.39, 0.29) is 24.3 Å². The molecule has 3 rings (SSSR count). The standard InChI is InChI=1S/C17H20N4O3.ClH/c1-12-6-9-19-16(20-12)24-14-4-2-13(3-5-14)21-15(22)17(18)7-10-23-11-8-17;/h2-6,9H,7-8,10-11,18H2,1H3,(H,21,22);1H. The number of amides is 1. The molecule has 0 aliphatic carbocycles. The number of nitrogens with one attached hydrogen (secondary N) is 1. The van der Waals surface area contributed by atoms with E-state index in [0.717, 1.165) is 5.69 Å². The molecule has 0 atom stereocenters. The van der Waals surface area contributed by atoms with Crippen molar-refractivity contribution in [1.29, 1.82) is 0 Å². The van der Waals surface area contributed by atoms with Crippen LogP contribution >= 0.6 is 12.4 Å². The van der Waals surface area contributed by atoms with Gasteiger partial charge < -0.3 is 20.5 Å². The summed E-state index contributed by atoms with van der Waals surface area (Å²) in [6.45, 7) is 2.88. The lowest BCUT2D eigenvalue weighted by molar-refractivity contribution is -0.124. The highest BCUT2D eigenvalue weighted by atomic mass is 35.5. The fourth-order valence-corrected chi connectivity index (χ4v) is 2.41. The van der Waals surface area contributed by atoms with Gasteiger partial charge in [-0.05, 0) is 50.1 Å². The van der Waals surface area contributed by atoms with Crippen LogP contribution in [0.4, 0.5) is 5.69 Å². The van der Waals surface area contributed by atoms with Crippen LogP contribution in [-0.4, -0.2) is 34.6 Å². The van der Waals surface area contributed by atoms with Gasteiger partial charge in [0.15, 0.2) is 0 Å². The highest BCUT2D eigenvalue weighted by Gasteiger charge is 2.35. The second-order valence-corrected chi connectivity index (χ2v) is 5.83. The first-order valence-corrected chi connectivity index (χ1v) is 7.81. The molecule has 0 radical (unpaired) electrons. The van der Waals surface area contributed by atoms with Gasteiger partial charge in [-0.3, -0.25) is 4.79 Å². The van der Waals surface area contributed by atoms with Gasteiger partial charge in [-0.15, -0.1) is 12.4 Å². The zero-order valence-electron chi connectivity index (χ0n) is 13.9. The van der Waals surface area contributed by atoms with Crippen molar-refractivity contribution in [2.75, 3.05) is 18.5 Å². The first kappa shape index (κ1) is 19.1. The Labute approximate surface area is 152 Å². The molecule has 1 aromatic heterocycles. The van der Waals surface area contributed by atoms with Gasteiger partial charge in [0.2, 0.25) is 5.91 Å². The van der Waals surface area contributed by atoms with E-state index in [9.17, 15) is 4.79 Å². The number of benzene rings is 1. The molecule has 25 heavy (non-hydrogen) atoms. The first-order valence-electron chi connectivity index (χ1n) is 7.81. The number of aromatic nitrogens is 2. The van der Waals surface area contributed by atoms with Crippen LogP contribution in [0.25, 0.3) is 0 Å². The number of nitrogens with zero attached hydrogens (tertiary/aromatic N) is 2. The van der Waals surface area contributed by atoms with Crippen LogP contribution in [0.15, 0.2) is 36.5 Å². The molecule has 8 heteroatoms. The van der Waals surface area contributed by atoms with E-state index >= 15 is 0 Å². The van der Waals surface area contributed by atoms with Gasteiger partial charge in [-0.1, -0.05) is 0 Å². The topological polar surface area (TPSA) is 99.4 Å². The predicted molar refractivity (Wildman–Crippen MR) is 96.1 cm³/mol. The number of rotatable bonds is 4. The van der Waals surface area contributed by atoms with E-state index in [2.05, 4.69) is 15.3 Å². The quantitative estimate of drug-likeness (QED) is 0.864. The number of carbonyl (C=O) groups is 1. The molecular weight excluding hydrogens is 344 g/mol. The lowest BCUT2D eigenvalue weighted by Crippen LogP contribution is -2.54. The van der Waals surface area contributed by atoms with Crippen LogP contribution in [0.1, 0.15) is 18.5 Å². The average Bonchev–Trinajstić information content (AvgIpc) is 2.57. The fourth-order valence-electron chi connectivity index (χ4n) is 2.41. The van der Waals surface area contributed by atoms with E-state index in [0.29, 0.717) is 37.5 Å². The summed E-state index contributed by atoms with van der Waals surface area (Å²) >= 11 is 0. The summed E-state index contributed by atoms with van der Waals surface area (Å²) in [6.07, 6.45) is 2.68. The number of nitrogens with two attached hydrogens (primary N) is 1. The van der Waals surface area contributed by atoms with Crippen molar-refractivity contribution in [2.45, 2.75) is 25.3 Å². The molecule has 1 fully saturated rings. The Morgan fingerprint density at radius 3 is 2.56 bits per heavy atom. The number of halogens is 1. The maximum atomic E-state index is 12.4. The minimum Gasteiger partial charge on any atom is -0.424 e. The van der Waals surface area contributed by atoms with Gasteiger partial charge in [0.1, 0.15) is 11.3 Å². The lowest BCUT2D eigenvalue weighted by Gasteiger charge is -2.31. The molecule has 3 N–H and O–H groups in total. The van der Waals surface area contributed by atoms with Crippen LogP contribution < -0.4 is 15.8 Å². The molecule has 1 saturated heterocycles. The van der Waals surface area contributed by atoms with Crippen LogP contribution in [0, 0.1) is 6.92 Å². The fraction of sp³-hybridized carbons (Fsp3) is 0.353. The Balaban J connectivity index is 0.00000225. The van der Waals surface area contributed by atoms with Crippen LogP contribution in [0.3, 0.4) is 0 Å². The number of ether oxygens (including phenoxy) is 2.